The Morgan fingerprint density at radius 1 is 1.58 bits per heavy atom. The largest absolute Gasteiger partial charge is 0.467 e. The molecule has 1 saturated carbocycles. The number of carbonyl (C=O) groups is 1. The lowest BCUT2D eigenvalue weighted by atomic mass is 9.81. The summed E-state index contributed by atoms with van der Waals surface area (Å²) >= 11 is 0. The second-order valence-corrected chi connectivity index (χ2v) is 6.08. The van der Waals surface area contributed by atoms with Crippen LogP contribution in [0.3, 0.4) is 0 Å². The summed E-state index contributed by atoms with van der Waals surface area (Å²) in [6.45, 7) is 4.54. The van der Waals surface area contributed by atoms with Crippen molar-refractivity contribution >= 4 is 5.91 Å². The standard InChI is InChI=1S/C15H22N2O2/c1-15(7-3-8-16-11-15)14(18)17(12-5-6-12)10-13-4-2-9-19-13/h2,4,9,12,16H,3,5-8,10-11H2,1H3. The van der Waals surface area contributed by atoms with E-state index in [1.54, 1.807) is 6.26 Å². The van der Waals surface area contributed by atoms with Gasteiger partial charge in [0.1, 0.15) is 5.76 Å². The zero-order valence-electron chi connectivity index (χ0n) is 11.5. The lowest BCUT2D eigenvalue weighted by molar-refractivity contribution is -0.143. The van der Waals surface area contributed by atoms with Gasteiger partial charge in [-0.3, -0.25) is 4.79 Å². The molecular formula is C15H22N2O2. The number of hydrogen-bond acceptors (Lipinski definition) is 3. The summed E-state index contributed by atoms with van der Waals surface area (Å²) in [6.07, 6.45) is 6.02. The van der Waals surface area contributed by atoms with Gasteiger partial charge >= 0.3 is 0 Å². The van der Waals surface area contributed by atoms with Crippen LogP contribution in [0.1, 0.15) is 38.4 Å². The molecule has 4 heteroatoms. The second kappa shape index (κ2) is 5.00. The highest BCUT2D eigenvalue weighted by atomic mass is 16.3. The van der Waals surface area contributed by atoms with Crippen molar-refractivity contribution in [3.05, 3.63) is 24.2 Å². The van der Waals surface area contributed by atoms with E-state index in [0.717, 1.165) is 44.5 Å². The molecule has 2 aliphatic rings. The van der Waals surface area contributed by atoms with Gasteiger partial charge in [0.15, 0.2) is 0 Å². The summed E-state index contributed by atoms with van der Waals surface area (Å²) in [7, 11) is 0. The predicted octanol–water partition coefficient (Wildman–Crippen LogP) is 2.16. The smallest absolute Gasteiger partial charge is 0.230 e. The van der Waals surface area contributed by atoms with Gasteiger partial charge in [0.25, 0.3) is 0 Å². The average molecular weight is 262 g/mol. The minimum atomic E-state index is -0.243. The number of furan rings is 1. The van der Waals surface area contributed by atoms with E-state index in [2.05, 4.69) is 12.2 Å². The quantitative estimate of drug-likeness (QED) is 0.904. The zero-order valence-corrected chi connectivity index (χ0v) is 11.5. The molecule has 1 aliphatic carbocycles. The average Bonchev–Trinajstić information content (AvgIpc) is 3.13. The molecule has 1 saturated heterocycles. The first-order valence-corrected chi connectivity index (χ1v) is 7.23. The number of hydrogen-bond donors (Lipinski definition) is 1. The molecule has 1 N–H and O–H groups in total. The van der Waals surface area contributed by atoms with Gasteiger partial charge in [-0.2, -0.15) is 0 Å². The summed E-state index contributed by atoms with van der Waals surface area (Å²) in [5.41, 5.74) is -0.243. The van der Waals surface area contributed by atoms with E-state index < -0.39 is 0 Å². The third-order valence-electron chi connectivity index (χ3n) is 4.27. The number of amides is 1. The minimum absolute atomic E-state index is 0.243. The van der Waals surface area contributed by atoms with Crippen molar-refractivity contribution in [1.29, 1.82) is 0 Å². The predicted molar refractivity (Wildman–Crippen MR) is 72.5 cm³/mol. The Balaban J connectivity index is 1.74. The van der Waals surface area contributed by atoms with Crippen molar-refractivity contribution in [2.45, 2.75) is 45.2 Å². The van der Waals surface area contributed by atoms with Crippen LogP contribution in [0.25, 0.3) is 0 Å². The molecule has 104 valence electrons. The number of nitrogens with one attached hydrogen (secondary N) is 1. The third-order valence-corrected chi connectivity index (χ3v) is 4.27. The van der Waals surface area contributed by atoms with E-state index in [1.807, 2.05) is 17.0 Å². The van der Waals surface area contributed by atoms with Gasteiger partial charge in [0, 0.05) is 12.6 Å². The molecule has 1 aromatic rings. The van der Waals surface area contributed by atoms with Crippen LogP contribution in [0.15, 0.2) is 22.8 Å². The first-order chi connectivity index (χ1) is 9.19. The molecular weight excluding hydrogens is 240 g/mol. The van der Waals surface area contributed by atoms with Crippen molar-refractivity contribution in [2.75, 3.05) is 13.1 Å². The lowest BCUT2D eigenvalue weighted by Crippen LogP contribution is -2.50. The van der Waals surface area contributed by atoms with E-state index in [-0.39, 0.29) is 5.41 Å². The highest BCUT2D eigenvalue weighted by molar-refractivity contribution is 5.83. The Labute approximate surface area is 114 Å². The number of carbonyl (C=O) groups excluding carboxylic acids is 1. The van der Waals surface area contributed by atoms with Crippen molar-refractivity contribution in [1.82, 2.24) is 10.2 Å². The molecule has 0 radical (unpaired) electrons. The Bertz CT molecular complexity index is 431. The van der Waals surface area contributed by atoms with Crippen molar-refractivity contribution < 1.29 is 9.21 Å². The third kappa shape index (κ3) is 2.68. The summed E-state index contributed by atoms with van der Waals surface area (Å²) in [4.78, 5) is 14.9. The number of piperidine rings is 1. The molecule has 4 nitrogen and oxygen atoms in total. The molecule has 0 bridgehead atoms. The summed E-state index contributed by atoms with van der Waals surface area (Å²) in [6, 6.07) is 4.26. The monoisotopic (exact) mass is 262 g/mol. The summed E-state index contributed by atoms with van der Waals surface area (Å²) in [5.74, 6) is 1.17. The molecule has 1 amide bonds. The SMILES string of the molecule is CC1(C(=O)N(Cc2ccco2)C2CC2)CCCNC1. The Kier molecular flexibility index (Phi) is 3.35. The molecule has 0 aromatic carbocycles. The number of rotatable bonds is 4. The first kappa shape index (κ1) is 12.7. The maximum Gasteiger partial charge on any atom is 0.230 e. The molecule has 2 fully saturated rings. The van der Waals surface area contributed by atoms with Gasteiger partial charge in [-0.25, -0.2) is 0 Å². The Hall–Kier alpha value is -1.29. The summed E-state index contributed by atoms with van der Waals surface area (Å²) in [5, 5.41) is 3.36. The highest BCUT2D eigenvalue weighted by Gasteiger charge is 2.42. The summed E-state index contributed by atoms with van der Waals surface area (Å²) < 4.78 is 5.40. The fourth-order valence-corrected chi connectivity index (χ4v) is 2.91. The molecule has 1 unspecified atom stereocenters. The van der Waals surface area contributed by atoms with Gasteiger partial charge in [-0.05, 0) is 51.3 Å². The van der Waals surface area contributed by atoms with E-state index in [0.29, 0.717) is 18.5 Å². The topological polar surface area (TPSA) is 45.5 Å². The fourth-order valence-electron chi connectivity index (χ4n) is 2.91. The zero-order chi connectivity index (χ0) is 13.3. The van der Waals surface area contributed by atoms with Crippen LogP contribution < -0.4 is 5.32 Å². The Morgan fingerprint density at radius 3 is 3.00 bits per heavy atom. The van der Waals surface area contributed by atoms with Crippen molar-refractivity contribution in [3.8, 4) is 0 Å². The van der Waals surface area contributed by atoms with Crippen LogP contribution in [0.5, 0.6) is 0 Å². The van der Waals surface area contributed by atoms with Crippen LogP contribution >= 0.6 is 0 Å². The van der Waals surface area contributed by atoms with Crippen molar-refractivity contribution in [2.24, 2.45) is 5.41 Å². The molecule has 0 spiro atoms. The minimum Gasteiger partial charge on any atom is -0.467 e. The van der Waals surface area contributed by atoms with Crippen LogP contribution in [0.4, 0.5) is 0 Å². The van der Waals surface area contributed by atoms with Gasteiger partial charge in [0.2, 0.25) is 5.91 Å². The molecule has 1 aliphatic heterocycles. The fraction of sp³-hybridized carbons (Fsp3) is 0.667. The van der Waals surface area contributed by atoms with Crippen LogP contribution in [-0.4, -0.2) is 29.9 Å². The van der Waals surface area contributed by atoms with E-state index in [9.17, 15) is 4.79 Å². The molecule has 3 rings (SSSR count). The molecule has 2 heterocycles. The molecule has 19 heavy (non-hydrogen) atoms. The van der Waals surface area contributed by atoms with Gasteiger partial charge in [-0.15, -0.1) is 0 Å². The van der Waals surface area contributed by atoms with Crippen LogP contribution in [0.2, 0.25) is 0 Å². The maximum atomic E-state index is 12.9. The van der Waals surface area contributed by atoms with E-state index in [4.69, 9.17) is 4.42 Å². The van der Waals surface area contributed by atoms with Gasteiger partial charge in [0.05, 0.1) is 18.2 Å². The normalized spacial score (nSPS) is 27.2. The molecule has 1 atom stereocenters. The first-order valence-electron chi connectivity index (χ1n) is 7.23. The van der Waals surface area contributed by atoms with Gasteiger partial charge < -0.3 is 14.6 Å². The molecule has 1 aromatic heterocycles. The highest BCUT2D eigenvalue weighted by Crippen LogP contribution is 2.35. The number of nitrogens with zero attached hydrogens (tertiary/aromatic N) is 1. The van der Waals surface area contributed by atoms with E-state index in [1.165, 1.54) is 0 Å². The Morgan fingerprint density at radius 2 is 2.42 bits per heavy atom. The second-order valence-electron chi connectivity index (χ2n) is 6.08. The van der Waals surface area contributed by atoms with Crippen LogP contribution in [0, 0.1) is 5.41 Å². The lowest BCUT2D eigenvalue weighted by Gasteiger charge is -2.37. The van der Waals surface area contributed by atoms with E-state index >= 15 is 0 Å². The van der Waals surface area contributed by atoms with Crippen LogP contribution in [-0.2, 0) is 11.3 Å². The van der Waals surface area contributed by atoms with Crippen molar-refractivity contribution in [3.63, 3.8) is 0 Å². The van der Waals surface area contributed by atoms with Gasteiger partial charge in [-0.1, -0.05) is 0 Å². The maximum absolute atomic E-state index is 12.9.